The number of amides is 5. The van der Waals surface area contributed by atoms with Gasteiger partial charge in [-0.15, -0.1) is 0 Å². The number of hydrogen-bond acceptors (Lipinski definition) is 10. The molecule has 0 radical (unpaired) electrons. The molecule has 11 N–H and O–H groups in total. The summed E-state index contributed by atoms with van der Waals surface area (Å²) < 4.78 is 0. The van der Waals surface area contributed by atoms with Crippen molar-refractivity contribution in [2.24, 2.45) is 23.5 Å². The minimum absolute atomic E-state index is 0.0416. The monoisotopic (exact) mass is 696 g/mol. The number of imidazole rings is 1. The van der Waals surface area contributed by atoms with E-state index in [1.165, 1.54) is 12.5 Å². The zero-order valence-corrected chi connectivity index (χ0v) is 28.8. The van der Waals surface area contributed by atoms with Gasteiger partial charge in [-0.3, -0.25) is 28.8 Å². The van der Waals surface area contributed by atoms with Crippen molar-refractivity contribution in [3.05, 3.63) is 18.2 Å². The summed E-state index contributed by atoms with van der Waals surface area (Å²) in [6.45, 7) is 9.95. The predicted molar refractivity (Wildman–Crippen MR) is 175 cm³/mol. The highest BCUT2D eigenvalue weighted by molar-refractivity contribution is 5.97. The first kappa shape index (κ1) is 42.4. The highest BCUT2D eigenvalue weighted by atomic mass is 16.4. The number of H-pyrrole nitrogens is 1. The van der Waals surface area contributed by atoms with E-state index >= 15 is 0 Å². The van der Waals surface area contributed by atoms with Crippen molar-refractivity contribution in [1.82, 2.24) is 36.6 Å². The van der Waals surface area contributed by atoms with E-state index in [-0.39, 0.29) is 43.4 Å². The van der Waals surface area contributed by atoms with Gasteiger partial charge in [-0.2, -0.15) is 0 Å². The van der Waals surface area contributed by atoms with Crippen molar-refractivity contribution in [1.29, 1.82) is 0 Å². The summed E-state index contributed by atoms with van der Waals surface area (Å²) in [6.07, 6.45) is 2.08. The van der Waals surface area contributed by atoms with Crippen LogP contribution in [0.5, 0.6) is 0 Å². The van der Waals surface area contributed by atoms with Crippen LogP contribution >= 0.6 is 0 Å². The molecule has 276 valence electrons. The molecule has 0 spiro atoms. The maximum atomic E-state index is 13.6. The molecule has 6 atom stereocenters. The Morgan fingerprint density at radius 3 is 1.51 bits per heavy atom. The molecule has 1 heterocycles. The fraction of sp³-hybridized carbons (Fsp3) is 0.677. The fourth-order valence-electron chi connectivity index (χ4n) is 4.76. The first-order valence-corrected chi connectivity index (χ1v) is 16.1. The molecule has 1 aromatic heterocycles. The maximum Gasteiger partial charge on any atom is 0.326 e. The van der Waals surface area contributed by atoms with E-state index in [2.05, 4.69) is 36.6 Å². The summed E-state index contributed by atoms with van der Waals surface area (Å²) in [5.74, 6) is -7.42. The molecule has 0 bridgehead atoms. The lowest BCUT2D eigenvalue weighted by molar-refractivity contribution is -0.142. The van der Waals surface area contributed by atoms with Gasteiger partial charge in [0.05, 0.1) is 19.4 Å². The summed E-state index contributed by atoms with van der Waals surface area (Å²) in [5, 5.41) is 40.6. The van der Waals surface area contributed by atoms with Crippen LogP contribution in [0.2, 0.25) is 0 Å². The summed E-state index contributed by atoms with van der Waals surface area (Å²) in [5.41, 5.74) is 6.00. The van der Waals surface area contributed by atoms with E-state index in [4.69, 9.17) is 5.73 Å². The number of aromatic nitrogens is 2. The van der Waals surface area contributed by atoms with Crippen molar-refractivity contribution in [2.75, 3.05) is 6.61 Å². The highest BCUT2D eigenvalue weighted by Gasteiger charge is 2.34. The number of carbonyl (C=O) groups is 7. The van der Waals surface area contributed by atoms with Crippen LogP contribution in [0, 0.1) is 17.8 Å². The average Bonchev–Trinajstić information content (AvgIpc) is 3.50. The minimum Gasteiger partial charge on any atom is -0.481 e. The van der Waals surface area contributed by atoms with Crippen LogP contribution in [0.4, 0.5) is 0 Å². The third-order valence-electron chi connectivity index (χ3n) is 7.16. The Labute approximate surface area is 285 Å². The molecule has 0 aliphatic carbocycles. The van der Waals surface area contributed by atoms with E-state index in [0.29, 0.717) is 5.69 Å². The average molecular weight is 697 g/mol. The number of carboxylic acid groups (broad SMARTS) is 2. The lowest BCUT2D eigenvalue weighted by atomic mass is 10.00. The van der Waals surface area contributed by atoms with Gasteiger partial charge in [0.25, 0.3) is 0 Å². The number of nitrogens with zero attached hydrogens (tertiary/aromatic N) is 1. The number of aliphatic carboxylic acids is 2. The maximum absolute atomic E-state index is 13.6. The van der Waals surface area contributed by atoms with Crippen LogP contribution in [-0.4, -0.2) is 110 Å². The molecule has 0 aliphatic rings. The molecule has 1 aromatic rings. The zero-order chi connectivity index (χ0) is 37.4. The van der Waals surface area contributed by atoms with Crippen LogP contribution in [0.3, 0.4) is 0 Å². The number of aromatic amines is 1. The number of carboxylic acids is 2. The molecule has 1 rings (SSSR count). The van der Waals surface area contributed by atoms with Gasteiger partial charge in [0, 0.05) is 18.3 Å². The number of aliphatic hydroxyl groups excluding tert-OH is 1. The Kier molecular flexibility index (Phi) is 17.9. The Morgan fingerprint density at radius 1 is 0.673 bits per heavy atom. The molecule has 18 heteroatoms. The number of carbonyl (C=O) groups excluding carboxylic acids is 5. The third kappa shape index (κ3) is 15.9. The zero-order valence-electron chi connectivity index (χ0n) is 28.8. The number of rotatable bonds is 22. The SMILES string of the molecule is CC(C)C[C@H](NC(=O)[C@H](Cc1cnc[nH]1)NC(=O)[C@H](CC(C)C)NC(=O)[C@H](CC(=O)O)NC(=O)[C@H](CC(C)C)NC(=O)[C@@H](N)CO)C(=O)O. The van der Waals surface area contributed by atoms with Crippen molar-refractivity contribution >= 4 is 41.5 Å². The second kappa shape index (κ2) is 20.7. The number of nitrogens with one attached hydrogen (secondary N) is 6. The molecule has 0 aromatic carbocycles. The van der Waals surface area contributed by atoms with Gasteiger partial charge in [0.15, 0.2) is 0 Å². The topological polar surface area (TPSA) is 295 Å². The molecule has 0 unspecified atom stereocenters. The lowest BCUT2D eigenvalue weighted by Crippen LogP contribution is -2.60. The fourth-order valence-corrected chi connectivity index (χ4v) is 4.76. The second-order valence-electron chi connectivity index (χ2n) is 13.2. The quantitative estimate of drug-likeness (QED) is 0.0655. The number of nitrogens with two attached hydrogens (primary N) is 1. The molecular formula is C31H52N8O10. The van der Waals surface area contributed by atoms with Crippen LogP contribution < -0.4 is 32.3 Å². The largest absolute Gasteiger partial charge is 0.481 e. The third-order valence-corrected chi connectivity index (χ3v) is 7.16. The van der Waals surface area contributed by atoms with E-state index in [1.54, 1.807) is 41.5 Å². The van der Waals surface area contributed by atoms with Gasteiger partial charge in [0.1, 0.15) is 36.3 Å². The van der Waals surface area contributed by atoms with Gasteiger partial charge >= 0.3 is 11.9 Å². The second-order valence-corrected chi connectivity index (χ2v) is 13.2. The molecule has 0 saturated heterocycles. The molecule has 0 aliphatic heterocycles. The molecule has 18 nitrogen and oxygen atoms in total. The van der Waals surface area contributed by atoms with Crippen molar-refractivity contribution < 1.29 is 48.9 Å². The Morgan fingerprint density at radius 2 is 1.08 bits per heavy atom. The summed E-state index contributed by atoms with van der Waals surface area (Å²) in [6, 6.07) is -8.06. The molecule has 0 saturated carbocycles. The van der Waals surface area contributed by atoms with Crippen molar-refractivity contribution in [3.8, 4) is 0 Å². The van der Waals surface area contributed by atoms with Crippen LogP contribution in [0.15, 0.2) is 12.5 Å². The summed E-state index contributed by atoms with van der Waals surface area (Å²) in [7, 11) is 0. The number of aliphatic hydroxyl groups is 1. The van der Waals surface area contributed by atoms with Gasteiger partial charge in [-0.25, -0.2) is 9.78 Å². The Bertz CT molecular complexity index is 1270. The molecular weight excluding hydrogens is 644 g/mol. The summed E-state index contributed by atoms with van der Waals surface area (Å²) >= 11 is 0. The minimum atomic E-state index is -1.68. The van der Waals surface area contributed by atoms with Gasteiger partial charge < -0.3 is 52.6 Å². The highest BCUT2D eigenvalue weighted by Crippen LogP contribution is 2.11. The van der Waals surface area contributed by atoms with Gasteiger partial charge in [-0.05, 0) is 37.0 Å². The van der Waals surface area contributed by atoms with E-state index in [0.717, 1.165) is 0 Å². The van der Waals surface area contributed by atoms with Crippen LogP contribution in [-0.2, 0) is 40.0 Å². The van der Waals surface area contributed by atoms with E-state index < -0.39 is 90.8 Å². The van der Waals surface area contributed by atoms with E-state index in [9.17, 15) is 48.9 Å². The lowest BCUT2D eigenvalue weighted by Gasteiger charge is -2.27. The van der Waals surface area contributed by atoms with E-state index in [1.807, 2.05) is 0 Å². The van der Waals surface area contributed by atoms with Crippen molar-refractivity contribution in [3.63, 3.8) is 0 Å². The standard InChI is InChI=1S/C31H52N8O10/c1-15(2)7-20(35-26(43)19(32)13-40)27(44)38-23(11-25(41)42)30(47)36-21(8-16(3)4)28(45)37-22(10-18-12-33-14-34-18)29(46)39-24(31(48)49)9-17(5)6/h12,14-17,19-24,40H,7-11,13,32H2,1-6H3,(H,33,34)(H,35,43)(H,36,47)(H,37,45)(H,38,44)(H,39,46)(H,41,42)(H,48,49)/t19-,20-,21-,22-,23-,24-/m0/s1. The Hall–Kier alpha value is -4.58. The first-order chi connectivity index (χ1) is 22.8. The molecule has 0 fully saturated rings. The van der Waals surface area contributed by atoms with Crippen molar-refractivity contribution in [2.45, 2.75) is 110 Å². The number of hydrogen-bond donors (Lipinski definition) is 10. The summed E-state index contributed by atoms with van der Waals surface area (Å²) in [4.78, 5) is 96.2. The smallest absolute Gasteiger partial charge is 0.326 e. The van der Waals surface area contributed by atoms with Crippen LogP contribution in [0.25, 0.3) is 0 Å². The van der Waals surface area contributed by atoms with Gasteiger partial charge in [-0.1, -0.05) is 41.5 Å². The van der Waals surface area contributed by atoms with Gasteiger partial charge in [0.2, 0.25) is 29.5 Å². The van der Waals surface area contributed by atoms with Crippen LogP contribution in [0.1, 0.15) is 72.9 Å². The molecule has 49 heavy (non-hydrogen) atoms. The predicted octanol–water partition coefficient (Wildman–Crippen LogP) is -1.61. The molecule has 5 amide bonds. The Balaban J connectivity index is 3.29. The first-order valence-electron chi connectivity index (χ1n) is 16.1. The normalized spacial score (nSPS) is 15.0.